The summed E-state index contributed by atoms with van der Waals surface area (Å²) in [5, 5.41) is 8.19. The summed E-state index contributed by atoms with van der Waals surface area (Å²) in [7, 11) is 1.60. The van der Waals surface area contributed by atoms with Crippen molar-refractivity contribution in [3.8, 4) is 5.75 Å². The molecule has 1 saturated heterocycles. The number of nitrogens with zero attached hydrogens (tertiary/aromatic N) is 1. The lowest BCUT2D eigenvalue weighted by Gasteiger charge is -2.30. The van der Waals surface area contributed by atoms with Crippen molar-refractivity contribution in [1.82, 2.24) is 4.90 Å². The average molecular weight is 432 g/mol. The van der Waals surface area contributed by atoms with Crippen molar-refractivity contribution in [2.24, 2.45) is 5.92 Å². The molecule has 4 rings (SSSR count). The van der Waals surface area contributed by atoms with Gasteiger partial charge < -0.3 is 15.4 Å². The Labute approximate surface area is 188 Å². The number of benzene rings is 3. The summed E-state index contributed by atoms with van der Waals surface area (Å²) in [6, 6.07) is 19.7. The zero-order valence-corrected chi connectivity index (χ0v) is 18.6. The Hall–Kier alpha value is -3.38. The van der Waals surface area contributed by atoms with Gasteiger partial charge in [0.2, 0.25) is 11.8 Å². The zero-order chi connectivity index (χ0) is 22.5. The Morgan fingerprint density at radius 2 is 1.72 bits per heavy atom. The second kappa shape index (κ2) is 9.83. The first-order valence-electron chi connectivity index (χ1n) is 11.0. The minimum Gasteiger partial charge on any atom is -0.495 e. The molecule has 32 heavy (non-hydrogen) atoms. The summed E-state index contributed by atoms with van der Waals surface area (Å²) in [5.74, 6) is 0.562. The number of hydrogen-bond acceptors (Lipinski definition) is 4. The van der Waals surface area contributed by atoms with Crippen LogP contribution in [0.2, 0.25) is 0 Å². The van der Waals surface area contributed by atoms with Crippen LogP contribution in [0.3, 0.4) is 0 Å². The van der Waals surface area contributed by atoms with Gasteiger partial charge in [-0.1, -0.05) is 42.5 Å². The molecule has 1 fully saturated rings. The molecule has 2 amide bonds. The van der Waals surface area contributed by atoms with Crippen LogP contribution in [-0.4, -0.2) is 43.5 Å². The maximum atomic E-state index is 12.8. The fourth-order valence-electron chi connectivity index (χ4n) is 4.23. The smallest absolute Gasteiger partial charge is 0.238 e. The predicted molar refractivity (Wildman–Crippen MR) is 128 cm³/mol. The van der Waals surface area contributed by atoms with E-state index in [1.165, 1.54) is 0 Å². The fraction of sp³-hybridized carbons (Fsp3) is 0.308. The SMILES string of the molecule is COc1ccc(C)cc1NC(=O)C1CCN(CC(=O)Nc2cccc3ccccc23)CC1. The van der Waals surface area contributed by atoms with Crippen LogP contribution in [0.5, 0.6) is 5.75 Å². The molecule has 0 bridgehead atoms. The quantitative estimate of drug-likeness (QED) is 0.605. The molecule has 6 nitrogen and oxygen atoms in total. The second-order valence-electron chi connectivity index (χ2n) is 8.32. The van der Waals surface area contributed by atoms with E-state index in [2.05, 4.69) is 15.5 Å². The van der Waals surface area contributed by atoms with Crippen molar-refractivity contribution < 1.29 is 14.3 Å². The van der Waals surface area contributed by atoms with E-state index in [9.17, 15) is 9.59 Å². The number of methoxy groups -OCH3 is 1. The highest BCUT2D eigenvalue weighted by Gasteiger charge is 2.26. The predicted octanol–water partition coefficient (Wildman–Crippen LogP) is 4.45. The van der Waals surface area contributed by atoms with Gasteiger partial charge in [-0.25, -0.2) is 0 Å². The minimum absolute atomic E-state index is 0.00811. The Kier molecular flexibility index (Phi) is 6.71. The number of carbonyl (C=O) groups is 2. The number of rotatable bonds is 6. The van der Waals surface area contributed by atoms with E-state index >= 15 is 0 Å². The number of amides is 2. The van der Waals surface area contributed by atoms with Crippen molar-refractivity contribution in [3.63, 3.8) is 0 Å². The number of piperidine rings is 1. The van der Waals surface area contributed by atoms with Gasteiger partial charge in [0, 0.05) is 17.0 Å². The highest BCUT2D eigenvalue weighted by Crippen LogP contribution is 2.27. The lowest BCUT2D eigenvalue weighted by Crippen LogP contribution is -2.41. The fourth-order valence-corrected chi connectivity index (χ4v) is 4.23. The second-order valence-corrected chi connectivity index (χ2v) is 8.32. The van der Waals surface area contributed by atoms with Crippen molar-refractivity contribution in [1.29, 1.82) is 0 Å². The van der Waals surface area contributed by atoms with E-state index in [1.54, 1.807) is 7.11 Å². The van der Waals surface area contributed by atoms with Gasteiger partial charge in [-0.15, -0.1) is 0 Å². The molecule has 0 unspecified atom stereocenters. The topological polar surface area (TPSA) is 70.7 Å². The standard InChI is InChI=1S/C26H29N3O3/c1-18-10-11-24(32-2)23(16-18)28-26(31)20-12-14-29(15-13-20)17-25(30)27-22-9-5-7-19-6-3-4-8-21(19)22/h3-11,16,20H,12-15,17H2,1-2H3,(H,27,30)(H,28,31). The summed E-state index contributed by atoms with van der Waals surface area (Å²) in [6.07, 6.45) is 1.45. The van der Waals surface area contributed by atoms with Gasteiger partial charge in [0.25, 0.3) is 0 Å². The molecule has 0 atom stereocenters. The molecular weight excluding hydrogens is 402 g/mol. The van der Waals surface area contributed by atoms with E-state index in [4.69, 9.17) is 4.74 Å². The van der Waals surface area contributed by atoms with Crippen molar-refractivity contribution in [3.05, 3.63) is 66.2 Å². The lowest BCUT2D eigenvalue weighted by atomic mass is 9.95. The molecule has 1 aliphatic heterocycles. The third-order valence-electron chi connectivity index (χ3n) is 6.00. The van der Waals surface area contributed by atoms with Gasteiger partial charge in [-0.2, -0.15) is 0 Å². The first-order valence-corrected chi connectivity index (χ1v) is 11.0. The van der Waals surface area contributed by atoms with Crippen LogP contribution in [0.25, 0.3) is 10.8 Å². The van der Waals surface area contributed by atoms with E-state index in [1.807, 2.05) is 67.6 Å². The molecule has 0 aromatic heterocycles. The summed E-state index contributed by atoms with van der Waals surface area (Å²) < 4.78 is 5.36. The van der Waals surface area contributed by atoms with Crippen molar-refractivity contribution in [2.45, 2.75) is 19.8 Å². The number of likely N-dealkylation sites (tertiary alicyclic amines) is 1. The first-order chi connectivity index (χ1) is 15.5. The Morgan fingerprint density at radius 3 is 2.50 bits per heavy atom. The Morgan fingerprint density at radius 1 is 0.969 bits per heavy atom. The van der Waals surface area contributed by atoms with E-state index in [0.29, 0.717) is 31.1 Å². The van der Waals surface area contributed by atoms with Gasteiger partial charge in [-0.3, -0.25) is 14.5 Å². The van der Waals surface area contributed by atoms with Crippen LogP contribution in [0.1, 0.15) is 18.4 Å². The van der Waals surface area contributed by atoms with Gasteiger partial charge in [-0.05, 0) is 62.0 Å². The monoisotopic (exact) mass is 431 g/mol. The maximum Gasteiger partial charge on any atom is 0.238 e. The van der Waals surface area contributed by atoms with Crippen LogP contribution in [0.4, 0.5) is 11.4 Å². The molecule has 166 valence electrons. The van der Waals surface area contributed by atoms with Crippen molar-refractivity contribution >= 4 is 34.0 Å². The molecule has 3 aromatic rings. The summed E-state index contributed by atoms with van der Waals surface area (Å²) in [4.78, 5) is 27.5. The zero-order valence-electron chi connectivity index (χ0n) is 18.6. The van der Waals surface area contributed by atoms with E-state index < -0.39 is 0 Å². The summed E-state index contributed by atoms with van der Waals surface area (Å²) in [5.41, 5.74) is 2.59. The summed E-state index contributed by atoms with van der Waals surface area (Å²) in [6.45, 7) is 3.73. The Balaban J connectivity index is 1.29. The lowest BCUT2D eigenvalue weighted by molar-refractivity contribution is -0.121. The average Bonchev–Trinajstić information content (AvgIpc) is 2.80. The normalized spacial score (nSPS) is 14.8. The van der Waals surface area contributed by atoms with Gasteiger partial charge in [0.05, 0.1) is 19.3 Å². The molecule has 1 heterocycles. The molecule has 6 heteroatoms. The van der Waals surface area contributed by atoms with Crippen LogP contribution in [-0.2, 0) is 9.59 Å². The minimum atomic E-state index is -0.0717. The van der Waals surface area contributed by atoms with Gasteiger partial charge in [0.1, 0.15) is 5.75 Å². The van der Waals surface area contributed by atoms with Gasteiger partial charge in [0.15, 0.2) is 0 Å². The van der Waals surface area contributed by atoms with Crippen LogP contribution < -0.4 is 15.4 Å². The number of aryl methyl sites for hydroxylation is 1. The van der Waals surface area contributed by atoms with Crippen LogP contribution in [0.15, 0.2) is 60.7 Å². The molecule has 1 aliphatic rings. The number of hydrogen-bond donors (Lipinski definition) is 2. The molecular formula is C26H29N3O3. The number of carbonyl (C=O) groups excluding carboxylic acids is 2. The molecule has 3 aromatic carbocycles. The first kappa shape index (κ1) is 21.8. The Bertz CT molecular complexity index is 1120. The number of fused-ring (bicyclic) bond motifs is 1. The van der Waals surface area contributed by atoms with Crippen molar-refractivity contribution in [2.75, 3.05) is 37.4 Å². The molecule has 0 radical (unpaired) electrons. The highest BCUT2D eigenvalue weighted by molar-refractivity contribution is 6.02. The third kappa shape index (κ3) is 5.08. The number of ether oxygens (including phenoxy) is 1. The molecule has 0 aliphatic carbocycles. The largest absolute Gasteiger partial charge is 0.495 e. The van der Waals surface area contributed by atoms with E-state index in [-0.39, 0.29) is 17.7 Å². The number of anilines is 2. The molecule has 2 N–H and O–H groups in total. The molecule has 0 saturated carbocycles. The molecule has 0 spiro atoms. The van der Waals surface area contributed by atoms with Crippen LogP contribution in [0, 0.1) is 12.8 Å². The number of nitrogens with one attached hydrogen (secondary N) is 2. The third-order valence-corrected chi connectivity index (χ3v) is 6.00. The van der Waals surface area contributed by atoms with E-state index in [0.717, 1.165) is 34.9 Å². The van der Waals surface area contributed by atoms with Gasteiger partial charge >= 0.3 is 0 Å². The van der Waals surface area contributed by atoms with Crippen LogP contribution >= 0.6 is 0 Å². The summed E-state index contributed by atoms with van der Waals surface area (Å²) >= 11 is 0. The highest BCUT2D eigenvalue weighted by atomic mass is 16.5. The maximum absolute atomic E-state index is 12.8.